The third-order valence-corrected chi connectivity index (χ3v) is 3.36. The van der Waals surface area contributed by atoms with Crippen molar-refractivity contribution in [3.05, 3.63) is 46.7 Å². The van der Waals surface area contributed by atoms with Crippen LogP contribution in [0.3, 0.4) is 0 Å². The van der Waals surface area contributed by atoms with Crippen molar-refractivity contribution in [3.8, 4) is 0 Å². The first-order valence-electron chi connectivity index (χ1n) is 6.70. The molecule has 0 aliphatic carbocycles. The highest BCUT2D eigenvalue weighted by Gasteiger charge is 2.11. The predicted molar refractivity (Wildman–Crippen MR) is 80.7 cm³/mol. The van der Waals surface area contributed by atoms with Crippen molar-refractivity contribution in [1.29, 1.82) is 0 Å². The molecule has 1 atom stereocenters. The second kappa shape index (κ2) is 7.19. The summed E-state index contributed by atoms with van der Waals surface area (Å²) in [7, 11) is 0. The standard InChI is InChI=1S/C14H18ClN5O/c1-10(6-11-4-2-3-5-13(11)15)17-14(21)9-20-8-12(7-16)18-19-20/h2-5,8,10H,6-7,9,16H2,1H3,(H,17,21). The molecule has 0 bridgehead atoms. The normalized spacial score (nSPS) is 12.1. The average molecular weight is 308 g/mol. The number of rotatable bonds is 6. The maximum Gasteiger partial charge on any atom is 0.242 e. The number of nitrogens with two attached hydrogens (primary N) is 1. The van der Waals surface area contributed by atoms with Gasteiger partial charge < -0.3 is 11.1 Å². The van der Waals surface area contributed by atoms with Crippen LogP contribution >= 0.6 is 11.6 Å². The van der Waals surface area contributed by atoms with E-state index < -0.39 is 0 Å². The highest BCUT2D eigenvalue weighted by Crippen LogP contribution is 2.16. The number of carbonyl (C=O) groups excluding carboxylic acids is 1. The maximum atomic E-state index is 11.9. The maximum absolute atomic E-state index is 11.9. The molecule has 1 unspecified atom stereocenters. The van der Waals surface area contributed by atoms with Gasteiger partial charge in [0.15, 0.2) is 0 Å². The number of nitrogens with one attached hydrogen (secondary N) is 1. The molecule has 2 aromatic rings. The van der Waals surface area contributed by atoms with Gasteiger partial charge in [-0.05, 0) is 25.0 Å². The van der Waals surface area contributed by atoms with Gasteiger partial charge in [0.2, 0.25) is 5.91 Å². The fourth-order valence-electron chi connectivity index (χ4n) is 2.02. The smallest absolute Gasteiger partial charge is 0.242 e. The van der Waals surface area contributed by atoms with E-state index >= 15 is 0 Å². The Kier molecular flexibility index (Phi) is 5.30. The van der Waals surface area contributed by atoms with E-state index in [4.69, 9.17) is 17.3 Å². The molecule has 0 fully saturated rings. The number of hydrogen-bond acceptors (Lipinski definition) is 4. The molecule has 0 aliphatic heterocycles. The van der Waals surface area contributed by atoms with Crippen LogP contribution in [0.2, 0.25) is 5.02 Å². The molecule has 0 aliphatic rings. The molecular weight excluding hydrogens is 290 g/mol. The average Bonchev–Trinajstić information content (AvgIpc) is 2.88. The molecule has 7 heteroatoms. The van der Waals surface area contributed by atoms with E-state index in [-0.39, 0.29) is 18.5 Å². The van der Waals surface area contributed by atoms with Gasteiger partial charge in [-0.3, -0.25) is 4.79 Å². The molecule has 0 radical (unpaired) electrons. The van der Waals surface area contributed by atoms with E-state index in [0.717, 1.165) is 5.56 Å². The first kappa shape index (κ1) is 15.5. The molecule has 0 spiro atoms. The molecule has 21 heavy (non-hydrogen) atoms. The summed E-state index contributed by atoms with van der Waals surface area (Å²) in [6, 6.07) is 7.59. The third-order valence-electron chi connectivity index (χ3n) is 2.99. The summed E-state index contributed by atoms with van der Waals surface area (Å²) in [6.45, 7) is 2.37. The van der Waals surface area contributed by atoms with Crippen molar-refractivity contribution in [2.45, 2.75) is 32.5 Å². The highest BCUT2D eigenvalue weighted by atomic mass is 35.5. The summed E-state index contributed by atoms with van der Waals surface area (Å²) in [5.41, 5.74) is 7.12. The number of hydrogen-bond donors (Lipinski definition) is 2. The second-order valence-electron chi connectivity index (χ2n) is 4.88. The SMILES string of the molecule is CC(Cc1ccccc1Cl)NC(=O)Cn1cc(CN)nn1. The molecule has 1 amide bonds. The quantitative estimate of drug-likeness (QED) is 0.838. The molecule has 6 nitrogen and oxygen atoms in total. The Bertz CT molecular complexity index is 613. The zero-order valence-electron chi connectivity index (χ0n) is 11.8. The number of amides is 1. The van der Waals surface area contributed by atoms with Crippen LogP contribution in [-0.4, -0.2) is 26.9 Å². The Morgan fingerprint density at radius 1 is 1.48 bits per heavy atom. The number of carbonyl (C=O) groups is 1. The largest absolute Gasteiger partial charge is 0.352 e. The minimum absolute atomic E-state index is 0.0186. The van der Waals surface area contributed by atoms with Gasteiger partial charge in [0.1, 0.15) is 6.54 Å². The van der Waals surface area contributed by atoms with Crippen LogP contribution < -0.4 is 11.1 Å². The van der Waals surface area contributed by atoms with Gasteiger partial charge in [0.05, 0.1) is 11.9 Å². The minimum Gasteiger partial charge on any atom is -0.352 e. The van der Waals surface area contributed by atoms with Crippen LogP contribution in [0.15, 0.2) is 30.5 Å². The van der Waals surface area contributed by atoms with E-state index in [0.29, 0.717) is 23.7 Å². The summed E-state index contributed by atoms with van der Waals surface area (Å²) in [5, 5.41) is 11.3. The monoisotopic (exact) mass is 307 g/mol. The Morgan fingerprint density at radius 3 is 2.90 bits per heavy atom. The topological polar surface area (TPSA) is 85.8 Å². The Hall–Kier alpha value is -1.92. The van der Waals surface area contributed by atoms with Crippen LogP contribution in [0.25, 0.3) is 0 Å². The molecular formula is C14H18ClN5O. The molecule has 1 heterocycles. The molecule has 0 saturated heterocycles. The summed E-state index contributed by atoms with van der Waals surface area (Å²) in [6.07, 6.45) is 2.34. The van der Waals surface area contributed by atoms with Crippen molar-refractivity contribution in [2.24, 2.45) is 5.73 Å². The van der Waals surface area contributed by atoms with Crippen molar-refractivity contribution >= 4 is 17.5 Å². The van der Waals surface area contributed by atoms with Crippen molar-refractivity contribution in [1.82, 2.24) is 20.3 Å². The highest BCUT2D eigenvalue weighted by molar-refractivity contribution is 6.31. The Morgan fingerprint density at radius 2 is 2.24 bits per heavy atom. The van der Waals surface area contributed by atoms with E-state index in [1.54, 1.807) is 6.20 Å². The number of halogens is 1. The fourth-order valence-corrected chi connectivity index (χ4v) is 2.23. The van der Waals surface area contributed by atoms with Gasteiger partial charge in [-0.25, -0.2) is 4.68 Å². The van der Waals surface area contributed by atoms with E-state index in [9.17, 15) is 4.79 Å². The number of benzene rings is 1. The first-order chi connectivity index (χ1) is 10.1. The summed E-state index contributed by atoms with van der Waals surface area (Å²) < 4.78 is 1.47. The predicted octanol–water partition coefficient (Wildman–Crippen LogP) is 1.14. The van der Waals surface area contributed by atoms with Gasteiger partial charge in [0, 0.05) is 17.6 Å². The lowest BCUT2D eigenvalue weighted by Gasteiger charge is -2.14. The lowest BCUT2D eigenvalue weighted by Crippen LogP contribution is -2.36. The van der Waals surface area contributed by atoms with Crippen LogP contribution in [0, 0.1) is 0 Å². The van der Waals surface area contributed by atoms with E-state index in [2.05, 4.69) is 15.6 Å². The van der Waals surface area contributed by atoms with Crippen molar-refractivity contribution in [2.75, 3.05) is 0 Å². The molecule has 1 aromatic carbocycles. The van der Waals surface area contributed by atoms with Gasteiger partial charge in [-0.1, -0.05) is 35.0 Å². The molecule has 1 aromatic heterocycles. The minimum atomic E-state index is -0.122. The van der Waals surface area contributed by atoms with E-state index in [1.807, 2.05) is 31.2 Å². The zero-order valence-corrected chi connectivity index (χ0v) is 12.5. The van der Waals surface area contributed by atoms with Crippen molar-refractivity contribution < 1.29 is 4.79 Å². The lowest BCUT2D eigenvalue weighted by atomic mass is 10.1. The van der Waals surface area contributed by atoms with Crippen molar-refractivity contribution in [3.63, 3.8) is 0 Å². The summed E-state index contributed by atoms with van der Waals surface area (Å²) in [5.74, 6) is -0.122. The number of aromatic nitrogens is 3. The summed E-state index contributed by atoms with van der Waals surface area (Å²) in [4.78, 5) is 11.9. The lowest BCUT2D eigenvalue weighted by molar-refractivity contribution is -0.122. The zero-order chi connectivity index (χ0) is 15.2. The van der Waals surface area contributed by atoms with Gasteiger partial charge >= 0.3 is 0 Å². The van der Waals surface area contributed by atoms with Gasteiger partial charge in [-0.15, -0.1) is 5.10 Å². The van der Waals surface area contributed by atoms with Crippen LogP contribution in [-0.2, 0) is 24.3 Å². The molecule has 112 valence electrons. The molecule has 3 N–H and O–H groups in total. The Labute approximate surface area is 128 Å². The summed E-state index contributed by atoms with van der Waals surface area (Å²) >= 11 is 6.11. The molecule has 0 saturated carbocycles. The van der Waals surface area contributed by atoms with Gasteiger partial charge in [-0.2, -0.15) is 0 Å². The second-order valence-corrected chi connectivity index (χ2v) is 5.28. The first-order valence-corrected chi connectivity index (χ1v) is 7.08. The van der Waals surface area contributed by atoms with Gasteiger partial charge in [0.25, 0.3) is 0 Å². The van der Waals surface area contributed by atoms with Crippen LogP contribution in [0.5, 0.6) is 0 Å². The number of nitrogens with zero attached hydrogens (tertiary/aromatic N) is 3. The van der Waals surface area contributed by atoms with Crippen LogP contribution in [0.4, 0.5) is 0 Å². The third kappa shape index (κ3) is 4.54. The molecule has 2 rings (SSSR count). The Balaban J connectivity index is 1.86. The van der Waals surface area contributed by atoms with Crippen LogP contribution in [0.1, 0.15) is 18.2 Å². The fraction of sp³-hybridized carbons (Fsp3) is 0.357. The van der Waals surface area contributed by atoms with E-state index in [1.165, 1.54) is 4.68 Å².